The summed E-state index contributed by atoms with van der Waals surface area (Å²) in [6.45, 7) is 6.85. The molecule has 0 spiro atoms. The molecule has 3 rings (SSSR count). The molecule has 1 heterocycles. The molecular weight excluding hydrogens is 338 g/mol. The minimum atomic E-state index is -0.307. The number of carbonyl (C=O) groups is 1. The van der Waals surface area contributed by atoms with Gasteiger partial charge >= 0.3 is 0 Å². The van der Waals surface area contributed by atoms with Crippen molar-refractivity contribution < 1.29 is 9.53 Å². The van der Waals surface area contributed by atoms with E-state index >= 15 is 0 Å². The zero-order valence-corrected chi connectivity index (χ0v) is 15.9. The first kappa shape index (κ1) is 19.5. The molecule has 1 amide bonds. The molecule has 3 N–H and O–H groups in total. The molecule has 0 radical (unpaired) electrons. The number of nitrogens with one attached hydrogen (secondary N) is 1. The second-order valence-electron chi connectivity index (χ2n) is 7.15. The zero-order valence-electron chi connectivity index (χ0n) is 15.9. The Morgan fingerprint density at radius 2 is 1.81 bits per heavy atom. The maximum atomic E-state index is 12.5. The van der Waals surface area contributed by atoms with Gasteiger partial charge in [-0.3, -0.25) is 9.69 Å². The Balaban J connectivity index is 1.53. The number of carbonyl (C=O) groups excluding carboxylic acids is 1. The Morgan fingerprint density at radius 3 is 2.56 bits per heavy atom. The van der Waals surface area contributed by atoms with Gasteiger partial charge in [-0.25, -0.2) is 0 Å². The van der Waals surface area contributed by atoms with Gasteiger partial charge in [-0.2, -0.15) is 0 Å². The Hall–Kier alpha value is -2.21. The lowest BCUT2D eigenvalue weighted by atomic mass is 9.94. The van der Waals surface area contributed by atoms with Crippen LogP contribution in [-0.2, 0) is 22.6 Å². The van der Waals surface area contributed by atoms with E-state index in [2.05, 4.69) is 28.4 Å². The van der Waals surface area contributed by atoms with Gasteiger partial charge in [0.15, 0.2) is 0 Å². The number of morpholine rings is 1. The molecule has 2 aromatic rings. The number of nitrogens with zero attached hydrogens (tertiary/aromatic N) is 1. The van der Waals surface area contributed by atoms with Crippen LogP contribution in [0, 0.1) is 5.92 Å². The van der Waals surface area contributed by atoms with Crippen molar-refractivity contribution in [3.63, 3.8) is 0 Å². The molecule has 2 aromatic carbocycles. The summed E-state index contributed by atoms with van der Waals surface area (Å²) in [6.07, 6.45) is 0. The van der Waals surface area contributed by atoms with Crippen molar-refractivity contribution in [2.24, 2.45) is 11.7 Å². The Labute approximate surface area is 161 Å². The van der Waals surface area contributed by atoms with Crippen LogP contribution in [0.15, 0.2) is 54.6 Å². The lowest BCUT2D eigenvalue weighted by Crippen LogP contribution is -2.36. The van der Waals surface area contributed by atoms with Crippen LogP contribution in [0.5, 0.6) is 0 Å². The van der Waals surface area contributed by atoms with Crippen LogP contribution >= 0.6 is 0 Å². The number of hydrogen-bond acceptors (Lipinski definition) is 4. The standard InChI is InChI=1S/C22H29N3O2/c1-17(21(23)20-8-3-2-4-9-20)22(26)24-15-18-6-5-7-19(14-18)16-25-10-12-27-13-11-25/h2-9,14,17,21H,10-13,15-16,23H2,1H3,(H,24,26). The average Bonchev–Trinajstić information content (AvgIpc) is 2.72. The molecule has 5 nitrogen and oxygen atoms in total. The van der Waals surface area contributed by atoms with Crippen LogP contribution in [0.3, 0.4) is 0 Å². The fourth-order valence-corrected chi connectivity index (χ4v) is 3.33. The quantitative estimate of drug-likeness (QED) is 0.789. The summed E-state index contributed by atoms with van der Waals surface area (Å²) >= 11 is 0. The zero-order chi connectivity index (χ0) is 19.1. The first-order valence-corrected chi connectivity index (χ1v) is 9.59. The molecule has 0 bridgehead atoms. The summed E-state index contributed by atoms with van der Waals surface area (Å²) in [7, 11) is 0. The van der Waals surface area contributed by atoms with E-state index in [0.29, 0.717) is 6.54 Å². The van der Waals surface area contributed by atoms with Crippen molar-refractivity contribution in [3.8, 4) is 0 Å². The van der Waals surface area contributed by atoms with Crippen molar-refractivity contribution in [2.45, 2.75) is 26.1 Å². The lowest BCUT2D eigenvalue weighted by molar-refractivity contribution is -0.125. The number of ether oxygens (including phenoxy) is 1. The molecule has 2 unspecified atom stereocenters. The largest absolute Gasteiger partial charge is 0.379 e. The third-order valence-electron chi connectivity index (χ3n) is 5.10. The normalized spacial score (nSPS) is 17.3. The molecule has 0 saturated carbocycles. The molecule has 5 heteroatoms. The molecule has 27 heavy (non-hydrogen) atoms. The predicted octanol–water partition coefficient (Wildman–Crippen LogP) is 2.47. The van der Waals surface area contributed by atoms with Gasteiger partial charge in [0.2, 0.25) is 5.91 Å². The highest BCUT2D eigenvalue weighted by molar-refractivity contribution is 5.79. The SMILES string of the molecule is CC(C(=O)NCc1cccc(CN2CCOCC2)c1)C(N)c1ccccc1. The molecule has 2 atom stereocenters. The molecule has 1 saturated heterocycles. The van der Waals surface area contributed by atoms with Gasteiger partial charge < -0.3 is 15.8 Å². The Kier molecular flexibility index (Phi) is 6.98. The molecule has 0 aromatic heterocycles. The van der Waals surface area contributed by atoms with Crippen LogP contribution in [0.1, 0.15) is 29.7 Å². The van der Waals surface area contributed by atoms with Crippen LogP contribution in [0.4, 0.5) is 0 Å². The molecule has 1 aliphatic heterocycles. The summed E-state index contributed by atoms with van der Waals surface area (Å²) in [5, 5.41) is 3.03. The highest BCUT2D eigenvalue weighted by Crippen LogP contribution is 2.19. The number of nitrogens with two attached hydrogens (primary N) is 1. The Bertz CT molecular complexity index is 729. The van der Waals surface area contributed by atoms with E-state index in [-0.39, 0.29) is 17.9 Å². The first-order chi connectivity index (χ1) is 13.1. The van der Waals surface area contributed by atoms with Crippen LogP contribution in [0.2, 0.25) is 0 Å². The van der Waals surface area contributed by atoms with Gasteiger partial charge in [-0.05, 0) is 16.7 Å². The van der Waals surface area contributed by atoms with Crippen molar-refractivity contribution in [3.05, 3.63) is 71.3 Å². The topological polar surface area (TPSA) is 67.6 Å². The monoisotopic (exact) mass is 367 g/mol. The van der Waals surface area contributed by atoms with E-state index in [1.807, 2.05) is 43.3 Å². The van der Waals surface area contributed by atoms with E-state index in [9.17, 15) is 4.79 Å². The van der Waals surface area contributed by atoms with Gasteiger partial charge in [0.1, 0.15) is 0 Å². The maximum absolute atomic E-state index is 12.5. The molecule has 144 valence electrons. The molecule has 1 fully saturated rings. The second kappa shape index (κ2) is 9.65. The fourth-order valence-electron chi connectivity index (χ4n) is 3.33. The smallest absolute Gasteiger partial charge is 0.225 e. The Morgan fingerprint density at radius 1 is 1.11 bits per heavy atom. The van der Waals surface area contributed by atoms with Gasteiger partial charge in [0, 0.05) is 32.2 Å². The van der Waals surface area contributed by atoms with Crippen molar-refractivity contribution in [2.75, 3.05) is 26.3 Å². The minimum Gasteiger partial charge on any atom is -0.379 e. The van der Waals surface area contributed by atoms with E-state index in [1.54, 1.807) is 0 Å². The van der Waals surface area contributed by atoms with E-state index < -0.39 is 0 Å². The van der Waals surface area contributed by atoms with E-state index in [1.165, 1.54) is 5.56 Å². The third-order valence-corrected chi connectivity index (χ3v) is 5.10. The van der Waals surface area contributed by atoms with E-state index in [4.69, 9.17) is 10.5 Å². The van der Waals surface area contributed by atoms with Crippen LogP contribution < -0.4 is 11.1 Å². The number of rotatable bonds is 7. The third kappa shape index (κ3) is 5.63. The second-order valence-corrected chi connectivity index (χ2v) is 7.15. The van der Waals surface area contributed by atoms with Crippen molar-refractivity contribution in [1.82, 2.24) is 10.2 Å². The molecule has 0 aliphatic carbocycles. The molecular formula is C22H29N3O2. The summed E-state index contributed by atoms with van der Waals surface area (Å²) in [5.74, 6) is -0.311. The highest BCUT2D eigenvalue weighted by atomic mass is 16.5. The van der Waals surface area contributed by atoms with Gasteiger partial charge in [-0.1, -0.05) is 61.5 Å². The van der Waals surface area contributed by atoms with Crippen LogP contribution in [-0.4, -0.2) is 37.1 Å². The summed E-state index contributed by atoms with van der Waals surface area (Å²) in [6, 6.07) is 17.9. The van der Waals surface area contributed by atoms with Crippen LogP contribution in [0.25, 0.3) is 0 Å². The van der Waals surface area contributed by atoms with Crippen molar-refractivity contribution >= 4 is 5.91 Å². The van der Waals surface area contributed by atoms with Gasteiger partial charge in [-0.15, -0.1) is 0 Å². The lowest BCUT2D eigenvalue weighted by Gasteiger charge is -2.26. The average molecular weight is 367 g/mol. The number of benzene rings is 2. The summed E-state index contributed by atoms with van der Waals surface area (Å²) in [4.78, 5) is 14.9. The maximum Gasteiger partial charge on any atom is 0.225 e. The number of amides is 1. The predicted molar refractivity (Wildman–Crippen MR) is 107 cm³/mol. The minimum absolute atomic E-state index is 0.0232. The van der Waals surface area contributed by atoms with Gasteiger partial charge in [0.05, 0.1) is 19.1 Å². The summed E-state index contributed by atoms with van der Waals surface area (Å²) in [5.41, 5.74) is 9.61. The van der Waals surface area contributed by atoms with E-state index in [0.717, 1.165) is 44.0 Å². The van der Waals surface area contributed by atoms with Gasteiger partial charge in [0.25, 0.3) is 0 Å². The fraction of sp³-hybridized carbons (Fsp3) is 0.409. The number of hydrogen-bond donors (Lipinski definition) is 2. The molecule has 1 aliphatic rings. The highest BCUT2D eigenvalue weighted by Gasteiger charge is 2.21. The summed E-state index contributed by atoms with van der Waals surface area (Å²) < 4.78 is 5.40. The van der Waals surface area contributed by atoms with Crippen molar-refractivity contribution in [1.29, 1.82) is 0 Å². The first-order valence-electron chi connectivity index (χ1n) is 9.59.